The fourth-order valence-electron chi connectivity index (χ4n) is 3.90. The van der Waals surface area contributed by atoms with Crippen LogP contribution >= 0.6 is 0 Å². The highest BCUT2D eigenvalue weighted by Crippen LogP contribution is 2.51. The summed E-state index contributed by atoms with van der Waals surface area (Å²) in [6.45, 7) is 0.186. The summed E-state index contributed by atoms with van der Waals surface area (Å²) < 4.78 is 15.8. The Kier molecular flexibility index (Phi) is 4.06. The van der Waals surface area contributed by atoms with E-state index in [1.807, 2.05) is 30.3 Å². The number of methoxy groups -OCH3 is 1. The van der Waals surface area contributed by atoms with Crippen molar-refractivity contribution in [3.63, 3.8) is 0 Å². The molecule has 1 aliphatic heterocycles. The van der Waals surface area contributed by atoms with Crippen LogP contribution in [-0.2, 0) is 14.9 Å². The number of fused-ring (bicyclic) bond motifs is 2. The average molecular weight is 392 g/mol. The van der Waals surface area contributed by atoms with Gasteiger partial charge in [-0.3, -0.25) is 9.59 Å². The van der Waals surface area contributed by atoms with Gasteiger partial charge in [0.05, 0.1) is 5.41 Å². The molecule has 1 amide bonds. The van der Waals surface area contributed by atoms with Crippen LogP contribution in [0.4, 0.5) is 5.69 Å². The van der Waals surface area contributed by atoms with Gasteiger partial charge in [0.2, 0.25) is 12.7 Å². The van der Waals surface area contributed by atoms with E-state index >= 15 is 0 Å². The molecule has 0 spiro atoms. The molecule has 1 aromatic heterocycles. The highest BCUT2D eigenvalue weighted by molar-refractivity contribution is 6.11. The largest absolute Gasteiger partial charge is 0.454 e. The summed E-state index contributed by atoms with van der Waals surface area (Å²) in [4.78, 5) is 28.7. The summed E-state index contributed by atoms with van der Waals surface area (Å²) >= 11 is 0. The van der Waals surface area contributed by atoms with E-state index in [1.54, 1.807) is 12.3 Å². The van der Waals surface area contributed by atoms with Gasteiger partial charge in [0.25, 0.3) is 0 Å². The summed E-state index contributed by atoms with van der Waals surface area (Å²) in [6, 6.07) is 11.0. The number of hydrogen-bond donors (Lipinski definition) is 2. The number of carbonyl (C=O) groups excluding carboxylic acids is 2. The lowest BCUT2D eigenvalue weighted by atomic mass is 9.94. The van der Waals surface area contributed by atoms with Gasteiger partial charge in [-0.25, -0.2) is 0 Å². The number of amides is 1. The minimum Gasteiger partial charge on any atom is -0.454 e. The number of Topliss-reactive ketones (excluding diaryl/α,β-unsaturated/α-hetero) is 1. The molecule has 7 heteroatoms. The van der Waals surface area contributed by atoms with E-state index in [-0.39, 0.29) is 25.1 Å². The summed E-state index contributed by atoms with van der Waals surface area (Å²) in [7, 11) is 1.49. The van der Waals surface area contributed by atoms with Gasteiger partial charge in [-0.1, -0.05) is 6.07 Å². The van der Waals surface area contributed by atoms with Crippen molar-refractivity contribution in [1.82, 2.24) is 4.98 Å². The van der Waals surface area contributed by atoms with Crippen LogP contribution in [0.2, 0.25) is 0 Å². The molecule has 2 aliphatic rings. The second kappa shape index (κ2) is 6.63. The highest BCUT2D eigenvalue weighted by Gasteiger charge is 2.51. The number of aromatic amines is 1. The van der Waals surface area contributed by atoms with E-state index in [1.165, 1.54) is 7.11 Å². The number of H-pyrrole nitrogens is 1. The second-order valence-corrected chi connectivity index (χ2v) is 7.42. The Hall–Kier alpha value is -3.32. The van der Waals surface area contributed by atoms with E-state index in [9.17, 15) is 9.59 Å². The first-order chi connectivity index (χ1) is 14.1. The first-order valence-electron chi connectivity index (χ1n) is 9.45. The van der Waals surface area contributed by atoms with Gasteiger partial charge >= 0.3 is 0 Å². The van der Waals surface area contributed by atoms with Gasteiger partial charge in [0.15, 0.2) is 17.3 Å². The van der Waals surface area contributed by atoms with E-state index in [0.717, 1.165) is 29.3 Å². The SMILES string of the molecule is COCC(=O)c1cc(NC(=O)C2(c3ccc4c(c3)OCO4)CC2)cc2[nH]ccc12. The molecule has 0 bridgehead atoms. The first-order valence-corrected chi connectivity index (χ1v) is 9.45. The Morgan fingerprint density at radius 1 is 1.14 bits per heavy atom. The zero-order valence-corrected chi connectivity index (χ0v) is 15.9. The Balaban J connectivity index is 1.45. The molecule has 0 saturated heterocycles. The minimum absolute atomic E-state index is 0.0151. The van der Waals surface area contributed by atoms with Crippen molar-refractivity contribution in [2.45, 2.75) is 18.3 Å². The van der Waals surface area contributed by atoms with Gasteiger partial charge in [-0.05, 0) is 48.7 Å². The third-order valence-corrected chi connectivity index (χ3v) is 5.61. The number of ether oxygens (including phenoxy) is 3. The van der Waals surface area contributed by atoms with Crippen LogP contribution in [0.15, 0.2) is 42.6 Å². The standard InChI is InChI=1S/C22H20N2O5/c1-27-11-18(25)16-9-14(10-17-15(16)4-7-23-17)24-21(26)22(5-6-22)13-2-3-19-20(8-13)29-12-28-19/h2-4,7-10,23H,5-6,11-12H2,1H3,(H,24,26). The molecule has 1 aliphatic carbocycles. The zero-order chi connectivity index (χ0) is 20.0. The number of aromatic nitrogens is 1. The maximum absolute atomic E-state index is 13.2. The molecule has 2 heterocycles. The fraction of sp³-hybridized carbons (Fsp3) is 0.273. The molecule has 5 rings (SSSR count). The molecule has 1 saturated carbocycles. The number of hydrogen-bond acceptors (Lipinski definition) is 5. The maximum atomic E-state index is 13.2. The van der Waals surface area contributed by atoms with Gasteiger partial charge < -0.3 is 24.5 Å². The van der Waals surface area contributed by atoms with E-state index in [0.29, 0.717) is 22.7 Å². The average Bonchev–Trinajstić information content (AvgIpc) is 3.17. The van der Waals surface area contributed by atoms with Crippen molar-refractivity contribution in [3.05, 3.63) is 53.7 Å². The van der Waals surface area contributed by atoms with Crippen LogP contribution in [0.25, 0.3) is 10.9 Å². The molecule has 2 N–H and O–H groups in total. The van der Waals surface area contributed by atoms with Gasteiger partial charge in [-0.2, -0.15) is 0 Å². The lowest BCUT2D eigenvalue weighted by Gasteiger charge is -2.17. The predicted molar refractivity (Wildman–Crippen MR) is 107 cm³/mol. The molecular weight excluding hydrogens is 372 g/mol. The van der Waals surface area contributed by atoms with Gasteiger partial charge in [-0.15, -0.1) is 0 Å². The Labute approximate surface area is 167 Å². The smallest absolute Gasteiger partial charge is 0.235 e. The number of benzene rings is 2. The molecule has 1 fully saturated rings. The van der Waals surface area contributed by atoms with Crippen molar-refractivity contribution < 1.29 is 23.8 Å². The lowest BCUT2D eigenvalue weighted by Crippen LogP contribution is -2.28. The van der Waals surface area contributed by atoms with Crippen molar-refractivity contribution in [2.75, 3.05) is 25.8 Å². The van der Waals surface area contributed by atoms with Crippen LogP contribution < -0.4 is 14.8 Å². The maximum Gasteiger partial charge on any atom is 0.235 e. The number of anilines is 1. The quantitative estimate of drug-likeness (QED) is 0.628. The topological polar surface area (TPSA) is 89.7 Å². The van der Waals surface area contributed by atoms with Crippen LogP contribution in [0.3, 0.4) is 0 Å². The Morgan fingerprint density at radius 3 is 2.76 bits per heavy atom. The summed E-state index contributed by atoms with van der Waals surface area (Å²) in [5.74, 6) is 1.14. The molecule has 29 heavy (non-hydrogen) atoms. The van der Waals surface area contributed by atoms with Crippen molar-refractivity contribution >= 4 is 28.3 Å². The number of carbonyl (C=O) groups is 2. The van der Waals surface area contributed by atoms with Crippen LogP contribution in [0.1, 0.15) is 28.8 Å². The number of nitrogens with one attached hydrogen (secondary N) is 2. The van der Waals surface area contributed by atoms with Crippen molar-refractivity contribution in [1.29, 1.82) is 0 Å². The van der Waals surface area contributed by atoms with Crippen LogP contribution in [0.5, 0.6) is 11.5 Å². The highest BCUT2D eigenvalue weighted by atomic mass is 16.7. The molecule has 7 nitrogen and oxygen atoms in total. The monoisotopic (exact) mass is 392 g/mol. The molecule has 0 atom stereocenters. The Morgan fingerprint density at radius 2 is 1.97 bits per heavy atom. The minimum atomic E-state index is -0.581. The first kappa shape index (κ1) is 17.8. The number of ketones is 1. The van der Waals surface area contributed by atoms with Gasteiger partial charge in [0, 0.05) is 35.5 Å². The van der Waals surface area contributed by atoms with E-state index in [2.05, 4.69) is 10.3 Å². The third-order valence-electron chi connectivity index (χ3n) is 5.61. The van der Waals surface area contributed by atoms with Crippen molar-refractivity contribution in [2.24, 2.45) is 0 Å². The van der Waals surface area contributed by atoms with Crippen LogP contribution in [0, 0.1) is 0 Å². The predicted octanol–water partition coefficient (Wildman–Crippen LogP) is 3.40. The van der Waals surface area contributed by atoms with Gasteiger partial charge in [0.1, 0.15) is 6.61 Å². The zero-order valence-electron chi connectivity index (χ0n) is 15.9. The molecular formula is C22H20N2O5. The fourth-order valence-corrected chi connectivity index (χ4v) is 3.90. The second-order valence-electron chi connectivity index (χ2n) is 7.42. The molecule has 0 radical (unpaired) electrons. The lowest BCUT2D eigenvalue weighted by molar-refractivity contribution is -0.118. The molecule has 148 valence electrons. The van der Waals surface area contributed by atoms with E-state index in [4.69, 9.17) is 14.2 Å². The summed E-state index contributed by atoms with van der Waals surface area (Å²) in [6.07, 6.45) is 3.30. The third kappa shape index (κ3) is 2.94. The molecule has 2 aromatic carbocycles. The summed E-state index contributed by atoms with van der Waals surface area (Å²) in [5, 5.41) is 3.81. The normalized spacial score (nSPS) is 16.0. The molecule has 0 unspecified atom stereocenters. The summed E-state index contributed by atoms with van der Waals surface area (Å²) in [5.41, 5.74) is 2.22. The van der Waals surface area contributed by atoms with Crippen molar-refractivity contribution in [3.8, 4) is 11.5 Å². The van der Waals surface area contributed by atoms with Crippen LogP contribution in [-0.4, -0.2) is 37.2 Å². The van der Waals surface area contributed by atoms with E-state index < -0.39 is 5.41 Å². The Bertz CT molecular complexity index is 1130. The number of rotatable bonds is 6. The molecule has 3 aromatic rings.